The van der Waals surface area contributed by atoms with Gasteiger partial charge in [-0.15, -0.1) is 0 Å². The molecule has 3 aromatic rings. The number of phenols is 2. The zero-order valence-electron chi connectivity index (χ0n) is 14.2. The van der Waals surface area contributed by atoms with Crippen molar-refractivity contribution < 1.29 is 14.9 Å². The minimum atomic E-state index is -0.219. The van der Waals surface area contributed by atoms with Gasteiger partial charge in [0.2, 0.25) is 4.77 Å². The normalized spacial score (nSPS) is 11.3. The summed E-state index contributed by atoms with van der Waals surface area (Å²) in [5.41, 5.74) is 1.40. The highest BCUT2D eigenvalue weighted by Gasteiger charge is 2.10. The van der Waals surface area contributed by atoms with E-state index in [-0.39, 0.29) is 17.6 Å². The molecule has 0 aliphatic carbocycles. The van der Waals surface area contributed by atoms with Gasteiger partial charge < -0.3 is 14.9 Å². The van der Waals surface area contributed by atoms with Gasteiger partial charge in [-0.2, -0.15) is 14.9 Å². The molecule has 3 rings (SSSR count). The van der Waals surface area contributed by atoms with Crippen LogP contribution in [0.15, 0.2) is 47.6 Å². The summed E-state index contributed by atoms with van der Waals surface area (Å²) in [5.74, 6) is 0.849. The first-order chi connectivity index (χ1) is 12.4. The standard InChI is InChI=1S/C18H18N4O3S/c1-11(2)25-14-5-3-4-13(9-14)17-20-21-18(26)22(17)19-10-12-6-7-15(23)16(24)8-12/h3-11,23-24H,1-2H3,(H,21,26). The van der Waals surface area contributed by atoms with Crippen LogP contribution in [-0.2, 0) is 0 Å². The Kier molecular flexibility index (Phi) is 5.04. The van der Waals surface area contributed by atoms with Crippen LogP contribution in [0.1, 0.15) is 19.4 Å². The van der Waals surface area contributed by atoms with Crippen molar-refractivity contribution in [2.45, 2.75) is 20.0 Å². The molecular weight excluding hydrogens is 352 g/mol. The lowest BCUT2D eigenvalue weighted by atomic mass is 10.2. The van der Waals surface area contributed by atoms with Gasteiger partial charge in [0.05, 0.1) is 12.3 Å². The molecule has 0 amide bonds. The summed E-state index contributed by atoms with van der Waals surface area (Å²) in [5, 5.41) is 30.2. The predicted octanol–water partition coefficient (Wildman–Crippen LogP) is 3.69. The van der Waals surface area contributed by atoms with Crippen LogP contribution in [0.4, 0.5) is 0 Å². The zero-order valence-corrected chi connectivity index (χ0v) is 15.1. The topological polar surface area (TPSA) is 95.7 Å². The zero-order chi connectivity index (χ0) is 18.7. The Morgan fingerprint density at radius 1 is 1.19 bits per heavy atom. The van der Waals surface area contributed by atoms with Crippen molar-refractivity contribution >= 4 is 18.4 Å². The SMILES string of the molecule is CC(C)Oc1cccc(-c2n[nH]c(=S)n2N=Cc2ccc(O)c(O)c2)c1. The van der Waals surface area contributed by atoms with Crippen molar-refractivity contribution in [3.8, 4) is 28.6 Å². The van der Waals surface area contributed by atoms with Crippen LogP contribution >= 0.6 is 12.2 Å². The first-order valence-corrected chi connectivity index (χ1v) is 8.35. The van der Waals surface area contributed by atoms with Gasteiger partial charge >= 0.3 is 0 Å². The van der Waals surface area contributed by atoms with Gasteiger partial charge in [0.25, 0.3) is 0 Å². The summed E-state index contributed by atoms with van der Waals surface area (Å²) >= 11 is 5.25. The molecule has 1 aromatic heterocycles. The smallest absolute Gasteiger partial charge is 0.216 e. The number of aromatic nitrogens is 3. The number of phenolic OH excluding ortho intramolecular Hbond substituents is 2. The molecule has 0 bridgehead atoms. The number of benzene rings is 2. The molecule has 0 saturated carbocycles. The Morgan fingerprint density at radius 2 is 2.00 bits per heavy atom. The Hall–Kier alpha value is -3.13. The van der Waals surface area contributed by atoms with E-state index in [0.29, 0.717) is 16.2 Å². The van der Waals surface area contributed by atoms with E-state index in [1.807, 2.05) is 38.1 Å². The monoisotopic (exact) mass is 370 g/mol. The molecule has 0 aliphatic rings. The van der Waals surface area contributed by atoms with E-state index in [2.05, 4.69) is 15.3 Å². The number of nitrogens with zero attached hydrogens (tertiary/aromatic N) is 3. The fraction of sp³-hybridized carbons (Fsp3) is 0.167. The minimum Gasteiger partial charge on any atom is -0.504 e. The van der Waals surface area contributed by atoms with E-state index in [1.54, 1.807) is 6.07 Å². The van der Waals surface area contributed by atoms with Crippen LogP contribution in [0.3, 0.4) is 0 Å². The van der Waals surface area contributed by atoms with E-state index in [4.69, 9.17) is 17.0 Å². The highest BCUT2D eigenvalue weighted by molar-refractivity contribution is 7.71. The Bertz CT molecular complexity index is 1010. The molecule has 2 aromatic carbocycles. The molecular formula is C18H18N4O3S. The first-order valence-electron chi connectivity index (χ1n) is 7.95. The summed E-state index contributed by atoms with van der Waals surface area (Å²) in [6, 6.07) is 11.9. The number of aromatic amines is 1. The quantitative estimate of drug-likeness (QED) is 0.362. The molecule has 0 spiro atoms. The summed E-state index contributed by atoms with van der Waals surface area (Å²) in [6.45, 7) is 3.92. The third-order valence-corrected chi connectivity index (χ3v) is 3.70. The van der Waals surface area contributed by atoms with Crippen LogP contribution < -0.4 is 4.74 Å². The summed E-state index contributed by atoms with van der Waals surface area (Å²) in [7, 11) is 0. The summed E-state index contributed by atoms with van der Waals surface area (Å²) < 4.78 is 7.52. The fourth-order valence-electron chi connectivity index (χ4n) is 2.31. The summed E-state index contributed by atoms with van der Waals surface area (Å²) in [4.78, 5) is 0. The van der Waals surface area contributed by atoms with Gasteiger partial charge in [0, 0.05) is 5.56 Å². The van der Waals surface area contributed by atoms with E-state index >= 15 is 0 Å². The van der Waals surface area contributed by atoms with Crippen LogP contribution in [0.5, 0.6) is 17.2 Å². The lowest BCUT2D eigenvalue weighted by molar-refractivity contribution is 0.242. The number of nitrogens with one attached hydrogen (secondary N) is 1. The molecule has 26 heavy (non-hydrogen) atoms. The second kappa shape index (κ2) is 7.40. The third-order valence-electron chi connectivity index (χ3n) is 3.44. The van der Waals surface area contributed by atoms with Crippen LogP contribution in [0.2, 0.25) is 0 Å². The van der Waals surface area contributed by atoms with Crippen molar-refractivity contribution in [1.82, 2.24) is 14.9 Å². The molecule has 0 aliphatic heterocycles. The van der Waals surface area contributed by atoms with Gasteiger partial charge in [-0.3, -0.25) is 0 Å². The van der Waals surface area contributed by atoms with Gasteiger partial charge in [-0.05, 0) is 62.0 Å². The van der Waals surface area contributed by atoms with Crippen molar-refractivity contribution in [3.05, 3.63) is 52.8 Å². The van der Waals surface area contributed by atoms with Crippen molar-refractivity contribution in [1.29, 1.82) is 0 Å². The second-order valence-electron chi connectivity index (χ2n) is 5.85. The van der Waals surface area contributed by atoms with Crippen LogP contribution in [0, 0.1) is 4.77 Å². The highest BCUT2D eigenvalue weighted by atomic mass is 32.1. The number of rotatable bonds is 5. The number of hydrogen-bond acceptors (Lipinski definition) is 6. The number of ether oxygens (including phenoxy) is 1. The maximum absolute atomic E-state index is 9.58. The first kappa shape index (κ1) is 17.7. The molecule has 1 heterocycles. The molecule has 0 fully saturated rings. The maximum atomic E-state index is 9.58. The number of hydrogen-bond donors (Lipinski definition) is 3. The van der Waals surface area contributed by atoms with Crippen LogP contribution in [-0.4, -0.2) is 37.4 Å². The number of aromatic hydroxyl groups is 2. The molecule has 7 nitrogen and oxygen atoms in total. The average Bonchev–Trinajstić information content (AvgIpc) is 2.96. The molecule has 0 saturated heterocycles. The van der Waals surface area contributed by atoms with Gasteiger partial charge in [-0.25, -0.2) is 5.10 Å². The Morgan fingerprint density at radius 3 is 2.73 bits per heavy atom. The lowest BCUT2D eigenvalue weighted by Crippen LogP contribution is -2.05. The van der Waals surface area contributed by atoms with E-state index in [9.17, 15) is 10.2 Å². The van der Waals surface area contributed by atoms with Gasteiger partial charge in [0.1, 0.15) is 5.75 Å². The number of H-pyrrole nitrogens is 1. The van der Waals surface area contributed by atoms with Crippen molar-refractivity contribution in [2.24, 2.45) is 5.10 Å². The third kappa shape index (κ3) is 3.92. The summed E-state index contributed by atoms with van der Waals surface area (Å²) in [6.07, 6.45) is 1.58. The fourth-order valence-corrected chi connectivity index (χ4v) is 2.49. The van der Waals surface area contributed by atoms with E-state index in [0.717, 1.165) is 11.3 Å². The second-order valence-corrected chi connectivity index (χ2v) is 6.24. The predicted molar refractivity (Wildman–Crippen MR) is 101 cm³/mol. The van der Waals surface area contributed by atoms with Crippen molar-refractivity contribution in [2.75, 3.05) is 0 Å². The molecule has 134 valence electrons. The van der Waals surface area contributed by atoms with Crippen molar-refractivity contribution in [3.63, 3.8) is 0 Å². The maximum Gasteiger partial charge on any atom is 0.216 e. The average molecular weight is 370 g/mol. The largest absolute Gasteiger partial charge is 0.504 e. The molecule has 0 unspecified atom stereocenters. The highest BCUT2D eigenvalue weighted by Crippen LogP contribution is 2.25. The minimum absolute atomic E-state index is 0.0614. The van der Waals surface area contributed by atoms with E-state index < -0.39 is 0 Å². The van der Waals surface area contributed by atoms with E-state index in [1.165, 1.54) is 23.0 Å². The molecule has 3 N–H and O–H groups in total. The lowest BCUT2D eigenvalue weighted by Gasteiger charge is -2.10. The Labute approximate surface area is 155 Å². The van der Waals surface area contributed by atoms with Gasteiger partial charge in [-0.1, -0.05) is 12.1 Å². The van der Waals surface area contributed by atoms with Crippen LogP contribution in [0.25, 0.3) is 11.4 Å². The molecule has 0 atom stereocenters. The molecule has 8 heteroatoms. The molecule has 0 radical (unpaired) electrons. The van der Waals surface area contributed by atoms with Gasteiger partial charge in [0.15, 0.2) is 17.3 Å². The Balaban J connectivity index is 1.95.